The second kappa shape index (κ2) is 10.1. The standard InChI is InChI=1S/C25H29ClN4O/c1-19(20-7-3-2-4-8-20)12-16-29-17-13-21(14-18-29)30-24(11-15-27-30)28-25(31)22-9-5-6-10-23(22)26/h2-11,15,19,21H,12-14,16-18H2,1H3,(H,28,31)/t19-/m1/s1. The number of likely N-dealkylation sites (tertiary alicyclic amines) is 1. The number of anilines is 1. The lowest BCUT2D eigenvalue weighted by Gasteiger charge is -2.33. The van der Waals surface area contributed by atoms with Crippen LogP contribution < -0.4 is 5.32 Å². The van der Waals surface area contributed by atoms with Gasteiger partial charge in [-0.05, 0) is 49.4 Å². The highest BCUT2D eigenvalue weighted by atomic mass is 35.5. The van der Waals surface area contributed by atoms with E-state index >= 15 is 0 Å². The first-order valence-electron chi connectivity index (χ1n) is 11.0. The van der Waals surface area contributed by atoms with E-state index in [1.165, 1.54) is 5.56 Å². The quantitative estimate of drug-likeness (QED) is 0.523. The van der Waals surface area contributed by atoms with Gasteiger partial charge in [-0.15, -0.1) is 0 Å². The maximum Gasteiger partial charge on any atom is 0.258 e. The van der Waals surface area contributed by atoms with Crippen LogP contribution in [-0.2, 0) is 0 Å². The second-order valence-corrected chi connectivity index (χ2v) is 8.68. The van der Waals surface area contributed by atoms with Gasteiger partial charge in [0.1, 0.15) is 5.82 Å². The summed E-state index contributed by atoms with van der Waals surface area (Å²) < 4.78 is 1.96. The van der Waals surface area contributed by atoms with Gasteiger partial charge in [0.15, 0.2) is 0 Å². The molecule has 0 radical (unpaired) electrons. The zero-order chi connectivity index (χ0) is 21.6. The van der Waals surface area contributed by atoms with Crippen molar-refractivity contribution in [2.24, 2.45) is 0 Å². The fraction of sp³-hybridized carbons (Fsp3) is 0.360. The SMILES string of the molecule is C[C@H](CCN1CCC(n2nccc2NC(=O)c2ccccc2Cl)CC1)c1ccccc1. The van der Waals surface area contributed by atoms with Crippen LogP contribution >= 0.6 is 11.6 Å². The van der Waals surface area contributed by atoms with Crippen LogP contribution in [0.1, 0.15) is 54.1 Å². The van der Waals surface area contributed by atoms with E-state index in [4.69, 9.17) is 11.6 Å². The molecule has 2 aromatic carbocycles. The summed E-state index contributed by atoms with van der Waals surface area (Å²) in [4.78, 5) is 15.2. The molecule has 1 amide bonds. The molecule has 0 bridgehead atoms. The number of hydrogen-bond acceptors (Lipinski definition) is 3. The van der Waals surface area contributed by atoms with Crippen LogP contribution in [-0.4, -0.2) is 40.2 Å². The van der Waals surface area contributed by atoms with E-state index in [2.05, 4.69) is 52.6 Å². The van der Waals surface area contributed by atoms with Gasteiger partial charge >= 0.3 is 0 Å². The Hall–Kier alpha value is -2.63. The first-order chi connectivity index (χ1) is 15.1. The number of aromatic nitrogens is 2. The predicted molar refractivity (Wildman–Crippen MR) is 126 cm³/mol. The van der Waals surface area contributed by atoms with Gasteiger partial charge in [0.05, 0.1) is 22.8 Å². The Bertz CT molecular complexity index is 996. The van der Waals surface area contributed by atoms with E-state index in [1.54, 1.807) is 18.3 Å². The van der Waals surface area contributed by atoms with Crippen LogP contribution in [0, 0.1) is 0 Å². The van der Waals surface area contributed by atoms with Crippen LogP contribution in [0.15, 0.2) is 66.9 Å². The molecule has 1 fully saturated rings. The molecular formula is C25H29ClN4O. The van der Waals surface area contributed by atoms with Gasteiger partial charge in [-0.1, -0.05) is 61.0 Å². The molecule has 3 aromatic rings. The van der Waals surface area contributed by atoms with E-state index in [1.807, 2.05) is 22.9 Å². The van der Waals surface area contributed by atoms with E-state index in [-0.39, 0.29) is 5.91 Å². The third kappa shape index (κ3) is 5.35. The molecule has 1 aliphatic rings. The molecule has 162 valence electrons. The smallest absolute Gasteiger partial charge is 0.258 e. The maximum atomic E-state index is 12.6. The molecule has 2 heterocycles. The lowest BCUT2D eigenvalue weighted by molar-refractivity contribution is 0.102. The molecule has 0 spiro atoms. The Morgan fingerprint density at radius 2 is 1.81 bits per heavy atom. The monoisotopic (exact) mass is 436 g/mol. The largest absolute Gasteiger partial charge is 0.307 e. The number of amides is 1. The summed E-state index contributed by atoms with van der Waals surface area (Å²) in [5, 5.41) is 7.92. The third-order valence-corrected chi connectivity index (χ3v) is 6.51. The molecule has 0 saturated carbocycles. The number of nitrogens with one attached hydrogen (secondary N) is 1. The van der Waals surface area contributed by atoms with E-state index in [9.17, 15) is 4.79 Å². The van der Waals surface area contributed by atoms with Gasteiger partial charge in [0, 0.05) is 19.2 Å². The predicted octanol–water partition coefficient (Wildman–Crippen LogP) is 5.62. The minimum absolute atomic E-state index is 0.209. The van der Waals surface area contributed by atoms with Gasteiger partial charge in [-0.3, -0.25) is 4.79 Å². The molecule has 1 saturated heterocycles. The Morgan fingerprint density at radius 1 is 1.10 bits per heavy atom. The Kier molecular flexibility index (Phi) is 7.05. The average molecular weight is 437 g/mol. The number of carbonyl (C=O) groups is 1. The topological polar surface area (TPSA) is 50.2 Å². The van der Waals surface area contributed by atoms with Crippen LogP contribution in [0.2, 0.25) is 5.02 Å². The number of carbonyl (C=O) groups excluding carboxylic acids is 1. The third-order valence-electron chi connectivity index (χ3n) is 6.18. The highest BCUT2D eigenvalue weighted by molar-refractivity contribution is 6.34. The van der Waals surface area contributed by atoms with Gasteiger partial charge < -0.3 is 10.2 Å². The highest BCUT2D eigenvalue weighted by Gasteiger charge is 2.24. The van der Waals surface area contributed by atoms with E-state index in [0.29, 0.717) is 22.5 Å². The molecule has 31 heavy (non-hydrogen) atoms. The summed E-state index contributed by atoms with van der Waals surface area (Å²) in [5.41, 5.74) is 1.88. The summed E-state index contributed by atoms with van der Waals surface area (Å²) in [6.07, 6.45) is 4.96. The molecule has 6 heteroatoms. The van der Waals surface area contributed by atoms with Gasteiger partial charge in [-0.2, -0.15) is 5.10 Å². The van der Waals surface area contributed by atoms with Gasteiger partial charge in [0.25, 0.3) is 5.91 Å². The van der Waals surface area contributed by atoms with Crippen molar-refractivity contribution < 1.29 is 4.79 Å². The number of piperidine rings is 1. The zero-order valence-corrected chi connectivity index (χ0v) is 18.6. The van der Waals surface area contributed by atoms with Crippen LogP contribution in [0.4, 0.5) is 5.82 Å². The van der Waals surface area contributed by atoms with E-state index < -0.39 is 0 Å². The van der Waals surface area contributed by atoms with Crippen LogP contribution in [0.25, 0.3) is 0 Å². The van der Waals surface area contributed by atoms with Crippen molar-refractivity contribution in [2.45, 2.75) is 38.1 Å². The van der Waals surface area contributed by atoms with E-state index in [0.717, 1.165) is 44.7 Å². The molecule has 5 nitrogen and oxygen atoms in total. The Labute approximate surface area is 189 Å². The van der Waals surface area contributed by atoms with Gasteiger partial charge in [-0.25, -0.2) is 4.68 Å². The number of hydrogen-bond donors (Lipinski definition) is 1. The molecule has 1 aliphatic heterocycles. The molecule has 1 N–H and O–H groups in total. The van der Waals surface area contributed by atoms with Crippen LogP contribution in [0.5, 0.6) is 0 Å². The minimum Gasteiger partial charge on any atom is -0.307 e. The Balaban J connectivity index is 1.30. The van der Waals surface area contributed by atoms with Crippen molar-refractivity contribution in [3.63, 3.8) is 0 Å². The molecule has 0 aliphatic carbocycles. The summed E-state index contributed by atoms with van der Waals surface area (Å²) in [6, 6.07) is 20.0. The lowest BCUT2D eigenvalue weighted by Crippen LogP contribution is -2.36. The number of nitrogens with zero attached hydrogens (tertiary/aromatic N) is 3. The summed E-state index contributed by atoms with van der Waals surface area (Å²) >= 11 is 6.17. The minimum atomic E-state index is -0.209. The zero-order valence-electron chi connectivity index (χ0n) is 17.9. The molecule has 0 unspecified atom stereocenters. The lowest BCUT2D eigenvalue weighted by atomic mass is 9.97. The average Bonchev–Trinajstić information content (AvgIpc) is 3.26. The number of halogens is 1. The maximum absolute atomic E-state index is 12.6. The van der Waals surface area contributed by atoms with Crippen molar-refractivity contribution in [2.75, 3.05) is 25.0 Å². The Morgan fingerprint density at radius 3 is 2.55 bits per heavy atom. The first-order valence-corrected chi connectivity index (χ1v) is 11.4. The fourth-order valence-electron chi connectivity index (χ4n) is 4.25. The summed E-state index contributed by atoms with van der Waals surface area (Å²) in [7, 11) is 0. The molecule has 1 aromatic heterocycles. The second-order valence-electron chi connectivity index (χ2n) is 8.27. The molecule has 4 rings (SSSR count). The molecular weight excluding hydrogens is 408 g/mol. The van der Waals surface area contributed by atoms with Crippen LogP contribution in [0.3, 0.4) is 0 Å². The van der Waals surface area contributed by atoms with Crippen molar-refractivity contribution in [1.29, 1.82) is 0 Å². The highest BCUT2D eigenvalue weighted by Crippen LogP contribution is 2.27. The van der Waals surface area contributed by atoms with Crippen molar-refractivity contribution >= 4 is 23.3 Å². The van der Waals surface area contributed by atoms with Gasteiger partial charge in [0.2, 0.25) is 0 Å². The fourth-order valence-corrected chi connectivity index (χ4v) is 4.47. The summed E-state index contributed by atoms with van der Waals surface area (Å²) in [6.45, 7) is 5.51. The normalized spacial score (nSPS) is 16.2. The van der Waals surface area contributed by atoms with Crippen molar-refractivity contribution in [3.8, 4) is 0 Å². The molecule has 1 atom stereocenters. The number of rotatable bonds is 7. The summed E-state index contributed by atoms with van der Waals surface area (Å²) in [5.74, 6) is 1.08. The first kappa shape index (κ1) is 21.6. The van der Waals surface area contributed by atoms with Crippen molar-refractivity contribution in [1.82, 2.24) is 14.7 Å². The van der Waals surface area contributed by atoms with Crippen molar-refractivity contribution in [3.05, 3.63) is 83.0 Å². The number of benzene rings is 2.